The largest absolute Gasteiger partial charge is 0.494 e. The summed E-state index contributed by atoms with van der Waals surface area (Å²) in [7, 11) is 1.58. The molecule has 16 heavy (non-hydrogen) atoms. The third kappa shape index (κ3) is 3.46. The molecular formula is C12H18N2O2. The van der Waals surface area contributed by atoms with Gasteiger partial charge < -0.3 is 15.4 Å². The molecule has 0 fully saturated rings. The molecule has 1 aromatic rings. The molecule has 0 spiro atoms. The van der Waals surface area contributed by atoms with Gasteiger partial charge in [0.15, 0.2) is 0 Å². The molecule has 0 aromatic heterocycles. The van der Waals surface area contributed by atoms with Crippen molar-refractivity contribution in [1.29, 1.82) is 0 Å². The van der Waals surface area contributed by atoms with E-state index in [0.29, 0.717) is 17.5 Å². The zero-order chi connectivity index (χ0) is 12.1. The lowest BCUT2D eigenvalue weighted by atomic mass is 10.2. The summed E-state index contributed by atoms with van der Waals surface area (Å²) in [6, 6.07) is 5.96. The minimum Gasteiger partial charge on any atom is -0.494 e. The SMILES string of the molecule is COc1cc(NC(C)C)ccc1NC(C)=O. The van der Waals surface area contributed by atoms with E-state index in [1.54, 1.807) is 7.11 Å². The summed E-state index contributed by atoms with van der Waals surface area (Å²) in [5.41, 5.74) is 1.66. The Balaban J connectivity index is 2.92. The van der Waals surface area contributed by atoms with Gasteiger partial charge in [0, 0.05) is 24.7 Å². The fourth-order valence-electron chi connectivity index (χ4n) is 1.41. The topological polar surface area (TPSA) is 50.4 Å². The molecule has 0 aliphatic rings. The summed E-state index contributed by atoms with van der Waals surface area (Å²) in [5.74, 6) is 0.545. The van der Waals surface area contributed by atoms with Crippen molar-refractivity contribution in [3.05, 3.63) is 18.2 Å². The summed E-state index contributed by atoms with van der Waals surface area (Å²) in [6.07, 6.45) is 0. The van der Waals surface area contributed by atoms with E-state index in [0.717, 1.165) is 5.69 Å². The van der Waals surface area contributed by atoms with Crippen molar-refractivity contribution in [2.45, 2.75) is 26.8 Å². The monoisotopic (exact) mass is 222 g/mol. The highest BCUT2D eigenvalue weighted by Crippen LogP contribution is 2.28. The Hall–Kier alpha value is -1.71. The highest BCUT2D eigenvalue weighted by Gasteiger charge is 2.06. The summed E-state index contributed by atoms with van der Waals surface area (Å²) in [5, 5.41) is 5.98. The molecule has 2 N–H and O–H groups in total. The molecule has 0 bridgehead atoms. The van der Waals surface area contributed by atoms with Gasteiger partial charge in [-0.2, -0.15) is 0 Å². The first-order valence-corrected chi connectivity index (χ1v) is 5.25. The average Bonchev–Trinajstić information content (AvgIpc) is 2.18. The maximum absolute atomic E-state index is 11.0. The molecule has 88 valence electrons. The molecule has 1 amide bonds. The Morgan fingerprint density at radius 1 is 1.38 bits per heavy atom. The molecule has 0 unspecified atom stereocenters. The van der Waals surface area contributed by atoms with Crippen molar-refractivity contribution < 1.29 is 9.53 Å². The molecule has 0 aliphatic carbocycles. The van der Waals surface area contributed by atoms with E-state index in [1.807, 2.05) is 18.2 Å². The second-order valence-corrected chi connectivity index (χ2v) is 3.90. The van der Waals surface area contributed by atoms with E-state index in [1.165, 1.54) is 6.92 Å². The van der Waals surface area contributed by atoms with Crippen molar-refractivity contribution in [3.63, 3.8) is 0 Å². The Bertz CT molecular complexity index is 375. The fraction of sp³-hybridized carbons (Fsp3) is 0.417. The third-order valence-corrected chi connectivity index (χ3v) is 1.97. The number of hydrogen-bond donors (Lipinski definition) is 2. The summed E-state index contributed by atoms with van der Waals surface area (Å²) in [6.45, 7) is 5.60. The van der Waals surface area contributed by atoms with Crippen molar-refractivity contribution in [1.82, 2.24) is 0 Å². The predicted molar refractivity (Wildman–Crippen MR) is 66.1 cm³/mol. The number of amides is 1. The van der Waals surface area contributed by atoms with Crippen LogP contribution in [0.2, 0.25) is 0 Å². The number of anilines is 2. The first-order valence-electron chi connectivity index (χ1n) is 5.25. The normalized spacial score (nSPS) is 10.1. The zero-order valence-electron chi connectivity index (χ0n) is 10.1. The number of nitrogens with one attached hydrogen (secondary N) is 2. The van der Waals surface area contributed by atoms with Crippen LogP contribution in [0.4, 0.5) is 11.4 Å². The molecule has 4 heteroatoms. The second kappa shape index (κ2) is 5.39. The Kier molecular flexibility index (Phi) is 4.17. The van der Waals surface area contributed by atoms with Gasteiger partial charge in [0.2, 0.25) is 5.91 Å². The van der Waals surface area contributed by atoms with Gasteiger partial charge >= 0.3 is 0 Å². The van der Waals surface area contributed by atoms with Gasteiger partial charge in [0.1, 0.15) is 5.75 Å². The maximum Gasteiger partial charge on any atom is 0.221 e. The van der Waals surface area contributed by atoms with Gasteiger partial charge in [-0.15, -0.1) is 0 Å². The van der Waals surface area contributed by atoms with Crippen LogP contribution in [-0.2, 0) is 4.79 Å². The van der Waals surface area contributed by atoms with Gasteiger partial charge in [-0.1, -0.05) is 0 Å². The second-order valence-electron chi connectivity index (χ2n) is 3.90. The summed E-state index contributed by atoms with van der Waals surface area (Å²) >= 11 is 0. The molecule has 4 nitrogen and oxygen atoms in total. The van der Waals surface area contributed by atoms with Crippen molar-refractivity contribution in [2.24, 2.45) is 0 Å². The number of rotatable bonds is 4. The van der Waals surface area contributed by atoms with Gasteiger partial charge in [-0.25, -0.2) is 0 Å². The molecule has 0 radical (unpaired) electrons. The van der Waals surface area contributed by atoms with Crippen LogP contribution >= 0.6 is 0 Å². The van der Waals surface area contributed by atoms with Crippen LogP contribution in [0, 0.1) is 0 Å². The predicted octanol–water partition coefficient (Wildman–Crippen LogP) is 2.47. The first-order chi connectivity index (χ1) is 7.52. The van der Waals surface area contributed by atoms with Crippen molar-refractivity contribution >= 4 is 17.3 Å². The number of carbonyl (C=O) groups is 1. The highest BCUT2D eigenvalue weighted by atomic mass is 16.5. The van der Waals surface area contributed by atoms with Gasteiger partial charge in [0.05, 0.1) is 12.8 Å². The molecular weight excluding hydrogens is 204 g/mol. The average molecular weight is 222 g/mol. The smallest absolute Gasteiger partial charge is 0.221 e. The van der Waals surface area contributed by atoms with E-state index in [-0.39, 0.29) is 5.91 Å². The Labute approximate surface area is 96.0 Å². The summed E-state index contributed by atoms with van der Waals surface area (Å²) < 4.78 is 5.21. The maximum atomic E-state index is 11.0. The van der Waals surface area contributed by atoms with E-state index in [2.05, 4.69) is 24.5 Å². The van der Waals surface area contributed by atoms with Gasteiger partial charge in [-0.05, 0) is 26.0 Å². The number of ether oxygens (including phenoxy) is 1. The molecule has 0 saturated heterocycles. The van der Waals surface area contributed by atoms with Crippen LogP contribution in [0.25, 0.3) is 0 Å². The molecule has 0 atom stereocenters. The van der Waals surface area contributed by atoms with Crippen LogP contribution < -0.4 is 15.4 Å². The molecule has 0 heterocycles. The molecule has 0 aliphatic heterocycles. The lowest BCUT2D eigenvalue weighted by Crippen LogP contribution is -2.11. The zero-order valence-corrected chi connectivity index (χ0v) is 10.1. The summed E-state index contributed by atoms with van der Waals surface area (Å²) in [4.78, 5) is 11.0. The van der Waals surface area contributed by atoms with E-state index in [9.17, 15) is 4.79 Å². The van der Waals surface area contributed by atoms with Crippen molar-refractivity contribution in [2.75, 3.05) is 17.7 Å². The van der Waals surface area contributed by atoms with Crippen LogP contribution in [-0.4, -0.2) is 19.1 Å². The van der Waals surface area contributed by atoms with Crippen molar-refractivity contribution in [3.8, 4) is 5.75 Å². The van der Waals surface area contributed by atoms with E-state index >= 15 is 0 Å². The highest BCUT2D eigenvalue weighted by molar-refractivity contribution is 5.90. The third-order valence-electron chi connectivity index (χ3n) is 1.97. The van der Waals surface area contributed by atoms with Gasteiger partial charge in [0.25, 0.3) is 0 Å². The first kappa shape index (κ1) is 12.4. The number of benzene rings is 1. The van der Waals surface area contributed by atoms with E-state index in [4.69, 9.17) is 4.74 Å². The standard InChI is InChI=1S/C12H18N2O2/c1-8(2)13-10-5-6-11(14-9(3)15)12(7-10)16-4/h5-8,13H,1-4H3,(H,14,15). The van der Waals surface area contributed by atoms with Crippen LogP contribution in [0.3, 0.4) is 0 Å². The number of hydrogen-bond acceptors (Lipinski definition) is 3. The minimum absolute atomic E-state index is 0.108. The minimum atomic E-state index is -0.108. The molecule has 1 rings (SSSR count). The molecule has 0 saturated carbocycles. The van der Waals surface area contributed by atoms with Crippen LogP contribution in [0.1, 0.15) is 20.8 Å². The lowest BCUT2D eigenvalue weighted by molar-refractivity contribution is -0.114. The number of methoxy groups -OCH3 is 1. The Morgan fingerprint density at radius 2 is 2.06 bits per heavy atom. The Morgan fingerprint density at radius 3 is 2.56 bits per heavy atom. The molecule has 1 aromatic carbocycles. The van der Waals surface area contributed by atoms with Crippen LogP contribution in [0.15, 0.2) is 18.2 Å². The lowest BCUT2D eigenvalue weighted by Gasteiger charge is -2.14. The quantitative estimate of drug-likeness (QED) is 0.822. The fourth-order valence-corrected chi connectivity index (χ4v) is 1.41. The van der Waals surface area contributed by atoms with Crippen LogP contribution in [0.5, 0.6) is 5.75 Å². The van der Waals surface area contributed by atoms with Gasteiger partial charge in [-0.3, -0.25) is 4.79 Å². The number of carbonyl (C=O) groups excluding carboxylic acids is 1. The van der Waals surface area contributed by atoms with E-state index < -0.39 is 0 Å².